The molecule has 1 amide bonds. The van der Waals surface area contributed by atoms with Gasteiger partial charge in [-0.15, -0.1) is 0 Å². The SMILES string of the molecule is C[C@@H](C#N)CN(C)C(=O)c1ccc(NS(=O)(=O)c2ccccc2)cc1. The van der Waals surface area contributed by atoms with Crippen LogP contribution in [0.2, 0.25) is 0 Å². The summed E-state index contributed by atoms with van der Waals surface area (Å²) in [7, 11) is -2.04. The highest BCUT2D eigenvalue weighted by Gasteiger charge is 2.16. The summed E-state index contributed by atoms with van der Waals surface area (Å²) in [6.45, 7) is 2.07. The summed E-state index contributed by atoms with van der Waals surface area (Å²) >= 11 is 0. The number of nitriles is 1. The second-order valence-corrected chi connectivity index (χ2v) is 7.39. The average Bonchev–Trinajstić information content (AvgIpc) is 2.62. The molecule has 7 heteroatoms. The molecule has 2 aromatic rings. The van der Waals surface area contributed by atoms with Gasteiger partial charge in [0.15, 0.2) is 0 Å². The van der Waals surface area contributed by atoms with E-state index in [2.05, 4.69) is 10.8 Å². The van der Waals surface area contributed by atoms with Crippen molar-refractivity contribution in [1.29, 1.82) is 5.26 Å². The van der Waals surface area contributed by atoms with Gasteiger partial charge in [0.25, 0.3) is 15.9 Å². The van der Waals surface area contributed by atoms with E-state index in [1.54, 1.807) is 44.3 Å². The largest absolute Gasteiger partial charge is 0.340 e. The first-order chi connectivity index (χ1) is 11.8. The Morgan fingerprint density at radius 2 is 1.76 bits per heavy atom. The minimum atomic E-state index is -3.66. The van der Waals surface area contributed by atoms with Crippen LogP contribution in [0.1, 0.15) is 17.3 Å². The third-order valence-electron chi connectivity index (χ3n) is 3.55. The summed E-state index contributed by atoms with van der Waals surface area (Å²) in [5, 5.41) is 8.82. The standard InChI is InChI=1S/C18H19N3O3S/c1-14(12-19)13-21(2)18(22)15-8-10-16(11-9-15)20-25(23,24)17-6-4-3-5-7-17/h3-11,14,20H,13H2,1-2H3/t14-/m0/s1. The van der Waals surface area contributed by atoms with Crippen molar-refractivity contribution in [2.45, 2.75) is 11.8 Å². The van der Waals surface area contributed by atoms with E-state index in [1.165, 1.54) is 29.2 Å². The van der Waals surface area contributed by atoms with E-state index in [9.17, 15) is 13.2 Å². The van der Waals surface area contributed by atoms with Crippen molar-refractivity contribution >= 4 is 21.6 Å². The second kappa shape index (κ2) is 7.81. The smallest absolute Gasteiger partial charge is 0.261 e. The normalized spacial score (nSPS) is 12.0. The lowest BCUT2D eigenvalue weighted by Crippen LogP contribution is -2.30. The summed E-state index contributed by atoms with van der Waals surface area (Å²) in [5.74, 6) is -0.481. The lowest BCUT2D eigenvalue weighted by molar-refractivity contribution is 0.0785. The molecule has 25 heavy (non-hydrogen) atoms. The molecule has 0 aliphatic rings. The van der Waals surface area contributed by atoms with Crippen molar-refractivity contribution in [3.63, 3.8) is 0 Å². The number of nitrogens with zero attached hydrogens (tertiary/aromatic N) is 2. The lowest BCUT2D eigenvalue weighted by Gasteiger charge is -2.18. The van der Waals surface area contributed by atoms with Gasteiger partial charge in [0.1, 0.15) is 0 Å². The van der Waals surface area contributed by atoms with Gasteiger partial charge >= 0.3 is 0 Å². The minimum Gasteiger partial charge on any atom is -0.340 e. The Hall–Kier alpha value is -2.85. The summed E-state index contributed by atoms with van der Waals surface area (Å²) < 4.78 is 27.0. The topological polar surface area (TPSA) is 90.3 Å². The number of anilines is 1. The van der Waals surface area contributed by atoms with Crippen LogP contribution in [0.15, 0.2) is 59.5 Å². The number of carbonyl (C=O) groups excluding carboxylic acids is 1. The Balaban J connectivity index is 2.10. The molecule has 0 aliphatic heterocycles. The van der Waals surface area contributed by atoms with Crippen LogP contribution in [0.3, 0.4) is 0 Å². The van der Waals surface area contributed by atoms with Crippen LogP contribution in [-0.4, -0.2) is 32.8 Å². The van der Waals surface area contributed by atoms with E-state index >= 15 is 0 Å². The number of hydrogen-bond acceptors (Lipinski definition) is 4. The van der Waals surface area contributed by atoms with Gasteiger partial charge in [-0.25, -0.2) is 8.42 Å². The Morgan fingerprint density at radius 3 is 2.32 bits per heavy atom. The molecule has 2 aromatic carbocycles. The van der Waals surface area contributed by atoms with Gasteiger partial charge < -0.3 is 4.90 Å². The van der Waals surface area contributed by atoms with Crippen LogP contribution in [-0.2, 0) is 10.0 Å². The highest BCUT2D eigenvalue weighted by molar-refractivity contribution is 7.92. The predicted octanol–water partition coefficient (Wildman–Crippen LogP) is 2.72. The third kappa shape index (κ3) is 4.81. The van der Waals surface area contributed by atoms with Gasteiger partial charge in [-0.05, 0) is 43.3 Å². The summed E-state index contributed by atoms with van der Waals surface area (Å²) in [4.78, 5) is 13.9. The maximum atomic E-state index is 12.3. The van der Waals surface area contributed by atoms with Crippen LogP contribution < -0.4 is 4.72 Å². The molecule has 0 fully saturated rings. The summed E-state index contributed by atoms with van der Waals surface area (Å²) in [6.07, 6.45) is 0. The lowest BCUT2D eigenvalue weighted by atomic mass is 10.1. The van der Waals surface area contributed by atoms with Crippen molar-refractivity contribution in [3.8, 4) is 6.07 Å². The molecule has 0 unspecified atom stereocenters. The molecule has 2 rings (SSSR count). The highest BCUT2D eigenvalue weighted by atomic mass is 32.2. The van der Waals surface area contributed by atoms with Gasteiger partial charge in [-0.3, -0.25) is 9.52 Å². The molecule has 0 spiro atoms. The third-order valence-corrected chi connectivity index (χ3v) is 4.95. The molecule has 1 atom stereocenters. The fraction of sp³-hybridized carbons (Fsp3) is 0.222. The first-order valence-corrected chi connectivity index (χ1v) is 9.15. The van der Waals surface area contributed by atoms with Crippen LogP contribution >= 0.6 is 0 Å². The van der Waals surface area contributed by atoms with Gasteiger partial charge in [-0.2, -0.15) is 5.26 Å². The van der Waals surface area contributed by atoms with E-state index in [1.807, 2.05) is 0 Å². The van der Waals surface area contributed by atoms with Crippen molar-refractivity contribution in [2.24, 2.45) is 5.92 Å². The number of carbonyl (C=O) groups is 1. The molecule has 0 bridgehead atoms. The molecule has 1 N–H and O–H groups in total. The number of nitrogens with one attached hydrogen (secondary N) is 1. The molecule has 0 radical (unpaired) electrons. The number of benzene rings is 2. The van der Waals surface area contributed by atoms with Crippen molar-refractivity contribution < 1.29 is 13.2 Å². The Kier molecular flexibility index (Phi) is 5.78. The Morgan fingerprint density at radius 1 is 1.16 bits per heavy atom. The first-order valence-electron chi connectivity index (χ1n) is 7.66. The molecule has 0 heterocycles. The van der Waals surface area contributed by atoms with E-state index in [-0.39, 0.29) is 16.7 Å². The van der Waals surface area contributed by atoms with Crippen LogP contribution in [0.5, 0.6) is 0 Å². The van der Waals surface area contributed by atoms with Crippen molar-refractivity contribution in [1.82, 2.24) is 4.90 Å². The van der Waals surface area contributed by atoms with Crippen LogP contribution in [0.4, 0.5) is 5.69 Å². The monoisotopic (exact) mass is 357 g/mol. The molecule has 6 nitrogen and oxygen atoms in total. The summed E-state index contributed by atoms with van der Waals surface area (Å²) in [5.41, 5.74) is 0.795. The van der Waals surface area contributed by atoms with Crippen LogP contribution in [0.25, 0.3) is 0 Å². The van der Waals surface area contributed by atoms with Gasteiger partial charge in [-0.1, -0.05) is 18.2 Å². The van der Waals surface area contributed by atoms with Crippen molar-refractivity contribution in [3.05, 3.63) is 60.2 Å². The van der Waals surface area contributed by atoms with E-state index in [0.717, 1.165) is 0 Å². The number of rotatable bonds is 6. The van der Waals surface area contributed by atoms with E-state index < -0.39 is 10.0 Å². The highest BCUT2D eigenvalue weighted by Crippen LogP contribution is 2.17. The molecule has 0 aromatic heterocycles. The predicted molar refractivity (Wildman–Crippen MR) is 95.4 cm³/mol. The molecule has 0 saturated heterocycles. The Bertz CT molecular complexity index is 872. The number of amides is 1. The quantitative estimate of drug-likeness (QED) is 0.860. The molecular weight excluding hydrogens is 338 g/mol. The zero-order valence-electron chi connectivity index (χ0n) is 14.0. The molecule has 130 valence electrons. The average molecular weight is 357 g/mol. The van der Waals surface area contributed by atoms with Gasteiger partial charge in [0, 0.05) is 24.8 Å². The summed E-state index contributed by atoms with van der Waals surface area (Å²) in [6, 6.07) is 16.3. The maximum absolute atomic E-state index is 12.3. The minimum absolute atomic E-state index is 0.167. The van der Waals surface area contributed by atoms with E-state index in [0.29, 0.717) is 17.8 Å². The zero-order chi connectivity index (χ0) is 18.4. The van der Waals surface area contributed by atoms with Crippen LogP contribution in [0, 0.1) is 17.2 Å². The van der Waals surface area contributed by atoms with Crippen molar-refractivity contribution in [2.75, 3.05) is 18.3 Å². The zero-order valence-corrected chi connectivity index (χ0v) is 14.8. The van der Waals surface area contributed by atoms with Gasteiger partial charge in [0.05, 0.1) is 16.9 Å². The van der Waals surface area contributed by atoms with Gasteiger partial charge in [0.2, 0.25) is 0 Å². The maximum Gasteiger partial charge on any atom is 0.261 e. The number of hydrogen-bond donors (Lipinski definition) is 1. The Labute approximate surface area is 147 Å². The first kappa shape index (κ1) is 18.5. The molecule has 0 saturated carbocycles. The fourth-order valence-corrected chi connectivity index (χ4v) is 3.33. The molecular formula is C18H19N3O3S. The second-order valence-electron chi connectivity index (χ2n) is 5.71. The molecule has 0 aliphatic carbocycles. The number of sulfonamides is 1. The fourth-order valence-electron chi connectivity index (χ4n) is 2.25. The van der Waals surface area contributed by atoms with E-state index in [4.69, 9.17) is 5.26 Å².